The van der Waals surface area contributed by atoms with Gasteiger partial charge in [0.05, 0.1) is 30.5 Å². The van der Waals surface area contributed by atoms with Gasteiger partial charge in [0, 0.05) is 52.0 Å². The van der Waals surface area contributed by atoms with Crippen molar-refractivity contribution in [3.05, 3.63) is 36.0 Å². The molecule has 1 saturated carbocycles. The summed E-state index contributed by atoms with van der Waals surface area (Å²) < 4.78 is 30.1. The largest absolute Gasteiger partial charge is 0.456 e. The molecule has 312 valence electrons. The first-order chi connectivity index (χ1) is 26.1. The molecule has 2 bridgehead atoms. The molecule has 4 rings (SSSR count). The number of hydrogen-bond acceptors (Lipinski definition) is 11. The SMILES string of the molecule is C=CC[C@@H]1/C=C(/C)C[C@H](C)C[C@H](OC)[C@H]2O[C@@](O)(C(=O)N3CCCC[C@H]3C(=O)O[C@H](/C(C)=C/[C@@H]3CC[C@@H](O)[C@@H](OC)C3)[C@H](C)[C@@H](O)CC1=O)[C@H](C)C[C@H]2OC. The van der Waals surface area contributed by atoms with Crippen molar-refractivity contribution in [2.75, 3.05) is 27.9 Å². The zero-order chi connectivity index (χ0) is 40.6. The van der Waals surface area contributed by atoms with Crippen LogP contribution in [0.25, 0.3) is 0 Å². The molecule has 0 spiro atoms. The summed E-state index contributed by atoms with van der Waals surface area (Å²) in [7, 11) is 4.74. The number of Topliss-reactive ketones (excluding diaryl/α,β-unsaturated/α-hetero) is 1. The second-order valence-corrected chi connectivity index (χ2v) is 16.9. The highest BCUT2D eigenvalue weighted by Crippen LogP contribution is 2.40. The summed E-state index contributed by atoms with van der Waals surface area (Å²) in [4.78, 5) is 44.2. The van der Waals surface area contributed by atoms with Gasteiger partial charge in [-0.1, -0.05) is 44.6 Å². The maximum absolute atomic E-state index is 14.6. The molecule has 1 amide bonds. The van der Waals surface area contributed by atoms with E-state index in [0.717, 1.165) is 5.57 Å². The van der Waals surface area contributed by atoms with Crippen LogP contribution in [0.2, 0.25) is 0 Å². The minimum absolute atomic E-state index is 0.0262. The third kappa shape index (κ3) is 10.9. The van der Waals surface area contributed by atoms with E-state index in [1.54, 1.807) is 41.3 Å². The predicted octanol–water partition coefficient (Wildman–Crippen LogP) is 5.07. The van der Waals surface area contributed by atoms with Gasteiger partial charge in [0.25, 0.3) is 11.7 Å². The molecule has 12 heteroatoms. The topological polar surface area (TPSA) is 161 Å². The first-order valence-electron chi connectivity index (χ1n) is 20.4. The lowest BCUT2D eigenvalue weighted by molar-refractivity contribution is -0.309. The van der Waals surface area contributed by atoms with E-state index in [9.17, 15) is 29.7 Å². The van der Waals surface area contributed by atoms with Crippen LogP contribution in [0.3, 0.4) is 0 Å². The minimum atomic E-state index is -2.24. The van der Waals surface area contributed by atoms with Crippen molar-refractivity contribution < 1.29 is 53.4 Å². The predicted molar refractivity (Wildman–Crippen MR) is 208 cm³/mol. The number of piperidine rings is 1. The molecule has 3 heterocycles. The van der Waals surface area contributed by atoms with Crippen molar-refractivity contribution in [2.45, 2.75) is 160 Å². The number of aliphatic hydroxyl groups is 3. The maximum atomic E-state index is 14.6. The normalized spacial score (nSPS) is 41.8. The number of methoxy groups -OCH3 is 3. The number of aliphatic hydroxyl groups excluding tert-OH is 2. The fourth-order valence-corrected chi connectivity index (χ4v) is 9.33. The molecule has 3 N–H and O–H groups in total. The Hall–Kier alpha value is -2.45. The summed E-state index contributed by atoms with van der Waals surface area (Å²) in [6.07, 6.45) is 6.20. The van der Waals surface area contributed by atoms with Crippen molar-refractivity contribution in [3.8, 4) is 0 Å². The molecular formula is C43H69NO11. The molecule has 12 nitrogen and oxygen atoms in total. The van der Waals surface area contributed by atoms with E-state index >= 15 is 0 Å². The van der Waals surface area contributed by atoms with E-state index in [1.807, 2.05) is 26.0 Å². The van der Waals surface area contributed by atoms with Gasteiger partial charge < -0.3 is 43.9 Å². The lowest BCUT2D eigenvalue weighted by Crippen LogP contribution is -2.66. The quantitative estimate of drug-likeness (QED) is 0.234. The molecule has 0 radical (unpaired) electrons. The molecule has 2 saturated heterocycles. The second kappa shape index (κ2) is 20.3. The summed E-state index contributed by atoms with van der Waals surface area (Å²) in [5.74, 6) is -5.46. The molecule has 1 aliphatic carbocycles. The number of amides is 1. The highest BCUT2D eigenvalue weighted by atomic mass is 16.7. The number of nitrogens with zero attached hydrogens (tertiary/aromatic N) is 1. The fourth-order valence-electron chi connectivity index (χ4n) is 9.33. The van der Waals surface area contributed by atoms with E-state index in [1.165, 1.54) is 4.90 Å². The van der Waals surface area contributed by atoms with Gasteiger partial charge in [-0.2, -0.15) is 0 Å². The van der Waals surface area contributed by atoms with Crippen LogP contribution >= 0.6 is 0 Å². The van der Waals surface area contributed by atoms with Crippen LogP contribution in [0.5, 0.6) is 0 Å². The van der Waals surface area contributed by atoms with Crippen molar-refractivity contribution in [1.82, 2.24) is 4.90 Å². The van der Waals surface area contributed by atoms with E-state index in [-0.39, 0.29) is 36.7 Å². The van der Waals surface area contributed by atoms with Gasteiger partial charge in [0.1, 0.15) is 24.0 Å². The lowest BCUT2D eigenvalue weighted by Gasteiger charge is -2.49. The number of allylic oxidation sites excluding steroid dienone is 4. The number of carbonyl (C=O) groups is 3. The van der Waals surface area contributed by atoms with Crippen molar-refractivity contribution in [1.29, 1.82) is 0 Å². The number of ketones is 1. The van der Waals surface area contributed by atoms with Crippen LogP contribution in [0, 0.1) is 29.6 Å². The highest BCUT2D eigenvalue weighted by Gasteiger charge is 2.56. The third-order valence-corrected chi connectivity index (χ3v) is 12.7. The van der Waals surface area contributed by atoms with Crippen LogP contribution in [0.4, 0.5) is 0 Å². The summed E-state index contributed by atoms with van der Waals surface area (Å²) in [5, 5.41) is 34.3. The Morgan fingerprint density at radius 1 is 0.945 bits per heavy atom. The molecule has 3 fully saturated rings. The Balaban J connectivity index is 1.78. The first kappa shape index (κ1) is 45.3. The second-order valence-electron chi connectivity index (χ2n) is 16.9. The Morgan fingerprint density at radius 3 is 2.27 bits per heavy atom. The zero-order valence-electron chi connectivity index (χ0n) is 34.5. The van der Waals surface area contributed by atoms with Crippen LogP contribution < -0.4 is 0 Å². The average molecular weight is 776 g/mol. The van der Waals surface area contributed by atoms with Crippen LogP contribution in [-0.2, 0) is 38.1 Å². The molecule has 14 atom stereocenters. The maximum Gasteiger partial charge on any atom is 0.329 e. The standard InChI is InChI=1S/C43H69NO11/c1-10-13-31-19-25(2)18-26(3)20-37(52-8)40-38(53-9)22-28(5)43(50,55-40)42(49)44-17-12-11-14-32(44)41(48)54-39(29(6)34(46)24-35(31)47)27(4)21-30-15-16-33(45)36(23-30)51-7/h10,19,21,26,28-34,36-40,45-46,50H,1,11-18,20,22-24H2,2-9H3/b25-19-,27-21+/t26-,28+,29+,30-,31+,32-,33+,34-,36-,37-,38+,39+,40+,43+/m0/s1. The van der Waals surface area contributed by atoms with Crippen molar-refractivity contribution >= 4 is 17.7 Å². The highest BCUT2D eigenvalue weighted by molar-refractivity contribution is 5.89. The van der Waals surface area contributed by atoms with E-state index in [2.05, 4.69) is 13.5 Å². The summed E-state index contributed by atoms with van der Waals surface area (Å²) in [6, 6.07) is -1.00. The van der Waals surface area contributed by atoms with Gasteiger partial charge in [0.15, 0.2) is 0 Å². The molecule has 3 aliphatic heterocycles. The third-order valence-electron chi connectivity index (χ3n) is 12.7. The first-order valence-corrected chi connectivity index (χ1v) is 20.4. The molecule has 0 aromatic rings. The van der Waals surface area contributed by atoms with Crippen LogP contribution in [0.15, 0.2) is 36.0 Å². The molecule has 55 heavy (non-hydrogen) atoms. The number of hydrogen-bond donors (Lipinski definition) is 3. The molecular weight excluding hydrogens is 706 g/mol. The van der Waals surface area contributed by atoms with E-state index < -0.39 is 78.1 Å². The number of cyclic esters (lactones) is 1. The number of fused-ring (bicyclic) bond motifs is 3. The minimum Gasteiger partial charge on any atom is -0.456 e. The summed E-state index contributed by atoms with van der Waals surface area (Å²) in [6.45, 7) is 13.6. The van der Waals surface area contributed by atoms with Gasteiger partial charge in [0.2, 0.25) is 0 Å². The molecule has 0 aromatic carbocycles. The summed E-state index contributed by atoms with van der Waals surface area (Å²) >= 11 is 0. The van der Waals surface area contributed by atoms with Gasteiger partial charge in [-0.3, -0.25) is 9.59 Å². The fraction of sp³-hybridized carbons (Fsp3) is 0.791. The monoisotopic (exact) mass is 775 g/mol. The number of rotatable bonds is 7. The number of carbonyl (C=O) groups excluding carboxylic acids is 3. The Kier molecular flexibility index (Phi) is 16.7. The zero-order valence-corrected chi connectivity index (χ0v) is 34.5. The van der Waals surface area contributed by atoms with Gasteiger partial charge in [-0.15, -0.1) is 6.58 Å². The molecule has 0 unspecified atom stereocenters. The Labute approximate surface area is 328 Å². The summed E-state index contributed by atoms with van der Waals surface area (Å²) in [5.41, 5.74) is 1.70. The Bertz CT molecular complexity index is 1380. The number of ether oxygens (including phenoxy) is 5. The van der Waals surface area contributed by atoms with Crippen molar-refractivity contribution in [3.63, 3.8) is 0 Å². The Morgan fingerprint density at radius 2 is 1.62 bits per heavy atom. The number of esters is 1. The smallest absolute Gasteiger partial charge is 0.329 e. The molecule has 4 aliphatic rings. The van der Waals surface area contributed by atoms with Crippen molar-refractivity contribution in [2.24, 2.45) is 29.6 Å². The van der Waals surface area contributed by atoms with Gasteiger partial charge in [-0.25, -0.2) is 4.79 Å². The van der Waals surface area contributed by atoms with Gasteiger partial charge >= 0.3 is 5.97 Å². The average Bonchev–Trinajstić information content (AvgIpc) is 3.16. The van der Waals surface area contributed by atoms with E-state index in [4.69, 9.17) is 23.7 Å². The van der Waals surface area contributed by atoms with Crippen LogP contribution in [0.1, 0.15) is 105 Å². The van der Waals surface area contributed by atoms with E-state index in [0.29, 0.717) is 69.8 Å². The van der Waals surface area contributed by atoms with Crippen LogP contribution in [-0.4, -0.2) is 120 Å². The molecule has 0 aromatic heterocycles. The van der Waals surface area contributed by atoms with Gasteiger partial charge in [-0.05, 0) is 95.5 Å². The lowest BCUT2D eigenvalue weighted by atomic mass is 9.81.